The van der Waals surface area contributed by atoms with Gasteiger partial charge >= 0.3 is 0 Å². The molecule has 104 valence electrons. The molecule has 3 heteroatoms. The largest absolute Gasteiger partial charge is 0.383 e. The van der Waals surface area contributed by atoms with Crippen LogP contribution in [0.2, 0.25) is 0 Å². The summed E-state index contributed by atoms with van der Waals surface area (Å²) in [6.45, 7) is 8.12. The highest BCUT2D eigenvalue weighted by molar-refractivity contribution is 5.81. The van der Waals surface area contributed by atoms with Gasteiger partial charge in [0.2, 0.25) is 0 Å². The maximum absolute atomic E-state index is 5.06. The van der Waals surface area contributed by atoms with Gasteiger partial charge in [0.15, 0.2) is 0 Å². The van der Waals surface area contributed by atoms with E-state index < -0.39 is 0 Å². The number of nitrogens with one attached hydrogen (secondary N) is 1. The summed E-state index contributed by atoms with van der Waals surface area (Å²) in [6.07, 6.45) is 0. The first-order valence-electron chi connectivity index (χ1n) is 6.99. The highest BCUT2D eigenvalue weighted by Crippen LogP contribution is 2.21. The van der Waals surface area contributed by atoms with Crippen LogP contribution >= 0.6 is 0 Å². The molecule has 0 unspecified atom stereocenters. The molecule has 0 bridgehead atoms. The van der Waals surface area contributed by atoms with E-state index in [0.717, 1.165) is 26.2 Å². The van der Waals surface area contributed by atoms with Gasteiger partial charge in [0, 0.05) is 38.0 Å². The fraction of sp³-hybridized carbons (Fsp3) is 0.500. The Kier molecular flexibility index (Phi) is 5.00. The van der Waals surface area contributed by atoms with Crippen molar-refractivity contribution in [2.24, 2.45) is 5.92 Å². The standard InChI is InChI=1S/C16H24N2O/c1-13(2)12-18-15(11-17-8-9-19-3)10-14-6-4-5-7-16(14)18/h4-7,10,13,17H,8-9,11-12H2,1-3H3. The first-order valence-corrected chi connectivity index (χ1v) is 6.99. The summed E-state index contributed by atoms with van der Waals surface area (Å²) in [6, 6.07) is 10.9. The third-order valence-electron chi connectivity index (χ3n) is 3.23. The average Bonchev–Trinajstić information content (AvgIpc) is 2.73. The highest BCUT2D eigenvalue weighted by Gasteiger charge is 2.09. The van der Waals surface area contributed by atoms with E-state index >= 15 is 0 Å². The van der Waals surface area contributed by atoms with Crippen molar-refractivity contribution in [1.82, 2.24) is 9.88 Å². The van der Waals surface area contributed by atoms with Crippen LogP contribution in [0.25, 0.3) is 10.9 Å². The second-order valence-corrected chi connectivity index (χ2v) is 5.37. The van der Waals surface area contributed by atoms with E-state index in [1.807, 2.05) is 0 Å². The topological polar surface area (TPSA) is 26.2 Å². The summed E-state index contributed by atoms with van der Waals surface area (Å²) in [4.78, 5) is 0. The van der Waals surface area contributed by atoms with Crippen LogP contribution in [0.15, 0.2) is 30.3 Å². The first kappa shape index (κ1) is 14.1. The maximum atomic E-state index is 5.06. The highest BCUT2D eigenvalue weighted by atomic mass is 16.5. The molecule has 1 heterocycles. The third kappa shape index (κ3) is 3.58. The van der Waals surface area contributed by atoms with Gasteiger partial charge in [-0.3, -0.25) is 0 Å². The Morgan fingerprint density at radius 3 is 2.79 bits per heavy atom. The van der Waals surface area contributed by atoms with E-state index in [2.05, 4.69) is 54.1 Å². The summed E-state index contributed by atoms with van der Waals surface area (Å²) in [5.74, 6) is 0.647. The second kappa shape index (κ2) is 6.73. The summed E-state index contributed by atoms with van der Waals surface area (Å²) in [5.41, 5.74) is 2.69. The third-order valence-corrected chi connectivity index (χ3v) is 3.23. The SMILES string of the molecule is COCCNCc1cc2ccccc2n1CC(C)C. The minimum Gasteiger partial charge on any atom is -0.383 e. The Morgan fingerprint density at radius 2 is 2.05 bits per heavy atom. The first-order chi connectivity index (χ1) is 9.22. The summed E-state index contributed by atoms with van der Waals surface area (Å²) < 4.78 is 7.49. The van der Waals surface area contributed by atoms with Crippen molar-refractivity contribution >= 4 is 10.9 Å². The van der Waals surface area contributed by atoms with Crippen molar-refractivity contribution in [2.75, 3.05) is 20.3 Å². The Morgan fingerprint density at radius 1 is 1.26 bits per heavy atom. The van der Waals surface area contributed by atoms with Gasteiger partial charge in [-0.05, 0) is 23.4 Å². The number of aromatic nitrogens is 1. The second-order valence-electron chi connectivity index (χ2n) is 5.37. The van der Waals surface area contributed by atoms with Crippen LogP contribution in [0.4, 0.5) is 0 Å². The fourth-order valence-corrected chi connectivity index (χ4v) is 2.39. The Balaban J connectivity index is 2.20. The van der Waals surface area contributed by atoms with Gasteiger partial charge in [-0.2, -0.15) is 0 Å². The Labute approximate surface area is 115 Å². The number of benzene rings is 1. The van der Waals surface area contributed by atoms with E-state index in [4.69, 9.17) is 4.74 Å². The van der Waals surface area contributed by atoms with Crippen LogP contribution in [0.5, 0.6) is 0 Å². The molecule has 3 nitrogen and oxygen atoms in total. The molecule has 1 aromatic heterocycles. The number of hydrogen-bond donors (Lipinski definition) is 1. The molecule has 0 aliphatic carbocycles. The molecule has 0 spiro atoms. The predicted octanol–water partition coefficient (Wildman–Crippen LogP) is 3.03. The summed E-state index contributed by atoms with van der Waals surface area (Å²) >= 11 is 0. The van der Waals surface area contributed by atoms with Crippen LogP contribution in [0.1, 0.15) is 19.5 Å². The zero-order chi connectivity index (χ0) is 13.7. The van der Waals surface area contributed by atoms with Crippen molar-refractivity contribution in [1.29, 1.82) is 0 Å². The van der Waals surface area contributed by atoms with Gasteiger partial charge in [-0.1, -0.05) is 32.0 Å². The molecule has 1 N–H and O–H groups in total. The number of para-hydroxylation sites is 1. The molecular formula is C16H24N2O. The number of methoxy groups -OCH3 is 1. The minimum absolute atomic E-state index is 0.647. The number of ether oxygens (including phenoxy) is 1. The lowest BCUT2D eigenvalue weighted by atomic mass is 10.2. The number of nitrogens with zero attached hydrogens (tertiary/aromatic N) is 1. The van der Waals surface area contributed by atoms with E-state index in [9.17, 15) is 0 Å². The fourth-order valence-electron chi connectivity index (χ4n) is 2.39. The molecular weight excluding hydrogens is 236 g/mol. The van der Waals surface area contributed by atoms with Crippen molar-refractivity contribution in [3.8, 4) is 0 Å². The normalized spacial score (nSPS) is 11.6. The molecule has 1 aromatic carbocycles. The van der Waals surface area contributed by atoms with Crippen LogP contribution in [-0.4, -0.2) is 24.8 Å². The van der Waals surface area contributed by atoms with Gasteiger partial charge in [0.25, 0.3) is 0 Å². The molecule has 0 aliphatic heterocycles. The van der Waals surface area contributed by atoms with E-state index in [1.165, 1.54) is 16.6 Å². The molecule has 0 amide bonds. The lowest BCUT2D eigenvalue weighted by Gasteiger charge is -2.13. The monoisotopic (exact) mass is 260 g/mol. The van der Waals surface area contributed by atoms with Gasteiger partial charge in [-0.25, -0.2) is 0 Å². The summed E-state index contributed by atoms with van der Waals surface area (Å²) in [5, 5.41) is 4.76. The van der Waals surface area contributed by atoms with Gasteiger partial charge in [0.1, 0.15) is 0 Å². The van der Waals surface area contributed by atoms with Crippen molar-refractivity contribution < 1.29 is 4.74 Å². The van der Waals surface area contributed by atoms with Crippen LogP contribution in [0, 0.1) is 5.92 Å². The van der Waals surface area contributed by atoms with Crippen LogP contribution < -0.4 is 5.32 Å². The van der Waals surface area contributed by atoms with Crippen LogP contribution in [0.3, 0.4) is 0 Å². The van der Waals surface area contributed by atoms with Crippen LogP contribution in [-0.2, 0) is 17.8 Å². The molecule has 19 heavy (non-hydrogen) atoms. The average molecular weight is 260 g/mol. The van der Waals surface area contributed by atoms with E-state index in [0.29, 0.717) is 5.92 Å². The smallest absolute Gasteiger partial charge is 0.0587 e. The molecule has 0 radical (unpaired) electrons. The van der Waals surface area contributed by atoms with Gasteiger partial charge in [-0.15, -0.1) is 0 Å². The van der Waals surface area contributed by atoms with Gasteiger partial charge in [0.05, 0.1) is 6.61 Å². The molecule has 0 atom stereocenters. The molecule has 2 rings (SSSR count). The number of rotatable bonds is 7. The summed E-state index contributed by atoms with van der Waals surface area (Å²) in [7, 11) is 1.73. The zero-order valence-corrected chi connectivity index (χ0v) is 12.1. The lowest BCUT2D eigenvalue weighted by Crippen LogP contribution is -2.21. The predicted molar refractivity (Wildman–Crippen MR) is 80.4 cm³/mol. The number of fused-ring (bicyclic) bond motifs is 1. The minimum atomic E-state index is 0.647. The molecule has 0 aliphatic rings. The Bertz CT molecular complexity index is 516. The zero-order valence-electron chi connectivity index (χ0n) is 12.1. The Hall–Kier alpha value is -1.32. The van der Waals surface area contributed by atoms with Crippen molar-refractivity contribution in [3.05, 3.63) is 36.0 Å². The quantitative estimate of drug-likeness (QED) is 0.774. The molecule has 2 aromatic rings. The molecule has 0 saturated carbocycles. The molecule has 0 fully saturated rings. The maximum Gasteiger partial charge on any atom is 0.0587 e. The van der Waals surface area contributed by atoms with Crippen molar-refractivity contribution in [3.63, 3.8) is 0 Å². The van der Waals surface area contributed by atoms with Crippen molar-refractivity contribution in [2.45, 2.75) is 26.9 Å². The number of hydrogen-bond acceptors (Lipinski definition) is 2. The van der Waals surface area contributed by atoms with E-state index in [1.54, 1.807) is 7.11 Å². The molecule has 0 saturated heterocycles. The van der Waals surface area contributed by atoms with E-state index in [-0.39, 0.29) is 0 Å². The van der Waals surface area contributed by atoms with Gasteiger partial charge < -0.3 is 14.6 Å². The lowest BCUT2D eigenvalue weighted by molar-refractivity contribution is 0.199.